The van der Waals surface area contributed by atoms with Crippen molar-refractivity contribution >= 4 is 0 Å². The molecule has 1 aromatic carbocycles. The zero-order valence-corrected chi connectivity index (χ0v) is 14.2. The fraction of sp³-hybridized carbons (Fsp3) is 0.389. The van der Waals surface area contributed by atoms with Crippen molar-refractivity contribution in [2.75, 3.05) is 6.54 Å². The van der Waals surface area contributed by atoms with Gasteiger partial charge in [0, 0.05) is 26.6 Å². The second-order valence-corrected chi connectivity index (χ2v) is 6.39. The smallest absolute Gasteiger partial charge is 0.223 e. The first-order valence-electron chi connectivity index (χ1n) is 8.50. The summed E-state index contributed by atoms with van der Waals surface area (Å²) in [5.41, 5.74) is 2.65. The molecular weight excluding hydrogens is 318 g/mol. The molecule has 0 saturated heterocycles. The van der Waals surface area contributed by atoms with Gasteiger partial charge in [-0.3, -0.25) is 9.58 Å². The average Bonchev–Trinajstić information content (AvgIpc) is 3.16. The van der Waals surface area contributed by atoms with E-state index in [2.05, 4.69) is 20.1 Å². The molecule has 7 nitrogen and oxygen atoms in total. The van der Waals surface area contributed by atoms with Crippen LogP contribution in [0.5, 0.6) is 0 Å². The molecule has 25 heavy (non-hydrogen) atoms. The van der Waals surface area contributed by atoms with Crippen molar-refractivity contribution in [2.24, 2.45) is 0 Å². The molecule has 0 spiro atoms. The molecule has 0 saturated carbocycles. The van der Waals surface area contributed by atoms with E-state index in [1.54, 1.807) is 6.92 Å². The Labute approximate surface area is 145 Å². The number of hydrogen-bond donors (Lipinski definition) is 1. The second-order valence-electron chi connectivity index (χ2n) is 6.39. The number of fused-ring (bicyclic) bond motifs is 1. The lowest BCUT2D eigenvalue weighted by Crippen LogP contribution is -2.23. The Bertz CT molecular complexity index is 842. The lowest BCUT2D eigenvalue weighted by atomic mass is 10.1. The third kappa shape index (κ3) is 3.47. The quantitative estimate of drug-likeness (QED) is 0.784. The van der Waals surface area contributed by atoms with Crippen LogP contribution in [0, 0.1) is 6.92 Å². The number of aryl methyl sites for hydroxylation is 2. The van der Waals surface area contributed by atoms with Gasteiger partial charge in [-0.25, -0.2) is 0 Å². The Morgan fingerprint density at radius 2 is 2.08 bits per heavy atom. The van der Waals surface area contributed by atoms with E-state index in [9.17, 15) is 5.11 Å². The summed E-state index contributed by atoms with van der Waals surface area (Å²) in [7, 11) is 0. The maximum absolute atomic E-state index is 10.6. The predicted octanol–water partition coefficient (Wildman–Crippen LogP) is 2.06. The number of benzene rings is 1. The van der Waals surface area contributed by atoms with Crippen LogP contribution >= 0.6 is 0 Å². The Balaban J connectivity index is 1.52. The van der Waals surface area contributed by atoms with Crippen molar-refractivity contribution in [1.82, 2.24) is 24.8 Å². The van der Waals surface area contributed by atoms with Crippen molar-refractivity contribution in [3.8, 4) is 0 Å². The highest BCUT2D eigenvalue weighted by atomic mass is 16.5. The largest absolute Gasteiger partial charge is 0.382 e. The molecule has 1 aliphatic heterocycles. The van der Waals surface area contributed by atoms with Gasteiger partial charge in [0.15, 0.2) is 5.82 Å². The average molecular weight is 339 g/mol. The molecule has 1 atom stereocenters. The molecule has 1 aliphatic rings. The van der Waals surface area contributed by atoms with Crippen LogP contribution in [0.25, 0.3) is 0 Å². The summed E-state index contributed by atoms with van der Waals surface area (Å²) in [6.07, 6.45) is 0.292. The van der Waals surface area contributed by atoms with Crippen LogP contribution in [0.15, 0.2) is 40.9 Å². The maximum Gasteiger partial charge on any atom is 0.223 e. The SMILES string of the molecule is Cc1nc(CN2CCCn3nc([C@H](O)c4ccccc4)cc3C2)no1. The van der Waals surface area contributed by atoms with Crippen LogP contribution in [-0.2, 0) is 19.6 Å². The molecular formula is C18H21N5O2. The van der Waals surface area contributed by atoms with Crippen molar-refractivity contribution in [2.45, 2.75) is 39.1 Å². The molecule has 130 valence electrons. The highest BCUT2D eigenvalue weighted by Crippen LogP contribution is 2.23. The van der Waals surface area contributed by atoms with Gasteiger partial charge in [0.05, 0.1) is 17.9 Å². The first kappa shape index (κ1) is 16.0. The maximum atomic E-state index is 10.6. The van der Waals surface area contributed by atoms with Gasteiger partial charge in [-0.05, 0) is 18.1 Å². The lowest BCUT2D eigenvalue weighted by molar-refractivity contribution is 0.213. The van der Waals surface area contributed by atoms with Crippen molar-refractivity contribution in [3.05, 3.63) is 65.1 Å². The molecule has 1 N–H and O–H groups in total. The van der Waals surface area contributed by atoms with E-state index >= 15 is 0 Å². The molecule has 0 bridgehead atoms. The second kappa shape index (κ2) is 6.78. The van der Waals surface area contributed by atoms with Crippen LogP contribution < -0.4 is 0 Å². The van der Waals surface area contributed by atoms with Gasteiger partial charge in [-0.1, -0.05) is 35.5 Å². The molecule has 3 aromatic rings. The van der Waals surface area contributed by atoms with Gasteiger partial charge in [0.2, 0.25) is 5.89 Å². The van der Waals surface area contributed by atoms with E-state index in [-0.39, 0.29) is 0 Å². The van der Waals surface area contributed by atoms with Crippen molar-refractivity contribution < 1.29 is 9.63 Å². The summed E-state index contributed by atoms with van der Waals surface area (Å²) in [5.74, 6) is 1.29. The predicted molar refractivity (Wildman–Crippen MR) is 90.5 cm³/mol. The van der Waals surface area contributed by atoms with Gasteiger partial charge in [0.25, 0.3) is 0 Å². The molecule has 0 amide bonds. The van der Waals surface area contributed by atoms with E-state index in [0.29, 0.717) is 24.0 Å². The van der Waals surface area contributed by atoms with Crippen molar-refractivity contribution in [1.29, 1.82) is 0 Å². The zero-order valence-electron chi connectivity index (χ0n) is 14.2. The normalized spacial score (nSPS) is 16.4. The summed E-state index contributed by atoms with van der Waals surface area (Å²) >= 11 is 0. The number of nitrogens with zero attached hydrogens (tertiary/aromatic N) is 5. The van der Waals surface area contributed by atoms with E-state index in [4.69, 9.17) is 4.52 Å². The highest BCUT2D eigenvalue weighted by Gasteiger charge is 2.21. The zero-order chi connectivity index (χ0) is 17.2. The van der Waals surface area contributed by atoms with Gasteiger partial charge >= 0.3 is 0 Å². The van der Waals surface area contributed by atoms with Gasteiger partial charge in [0.1, 0.15) is 6.10 Å². The molecule has 3 heterocycles. The topological polar surface area (TPSA) is 80.2 Å². The monoisotopic (exact) mass is 339 g/mol. The van der Waals surface area contributed by atoms with Crippen LogP contribution in [0.2, 0.25) is 0 Å². The third-order valence-corrected chi connectivity index (χ3v) is 4.44. The summed E-state index contributed by atoms with van der Waals surface area (Å²) in [6.45, 7) is 5.00. The first-order chi connectivity index (χ1) is 12.2. The number of aliphatic hydroxyl groups excluding tert-OH is 1. The van der Waals surface area contributed by atoms with Crippen LogP contribution in [-0.4, -0.2) is 36.5 Å². The minimum absolute atomic E-state index is 0.586. The molecule has 0 radical (unpaired) electrons. The van der Waals surface area contributed by atoms with E-state index < -0.39 is 6.10 Å². The molecule has 0 aliphatic carbocycles. The number of aliphatic hydroxyl groups is 1. The van der Waals surface area contributed by atoms with E-state index in [0.717, 1.165) is 37.3 Å². The van der Waals surface area contributed by atoms with Gasteiger partial charge < -0.3 is 9.63 Å². The molecule has 0 fully saturated rings. The molecule has 7 heteroatoms. The minimum atomic E-state index is -0.700. The summed E-state index contributed by atoms with van der Waals surface area (Å²) in [6, 6.07) is 11.6. The van der Waals surface area contributed by atoms with Crippen LogP contribution in [0.4, 0.5) is 0 Å². The van der Waals surface area contributed by atoms with Crippen molar-refractivity contribution in [3.63, 3.8) is 0 Å². The fourth-order valence-corrected chi connectivity index (χ4v) is 3.23. The molecule has 0 unspecified atom stereocenters. The number of aromatic nitrogens is 4. The van der Waals surface area contributed by atoms with Gasteiger partial charge in [-0.15, -0.1) is 0 Å². The van der Waals surface area contributed by atoms with Crippen LogP contribution in [0.1, 0.15) is 41.2 Å². The highest BCUT2D eigenvalue weighted by molar-refractivity contribution is 5.26. The molecule has 4 rings (SSSR count). The number of hydrogen-bond acceptors (Lipinski definition) is 6. The Hall–Kier alpha value is -2.51. The Kier molecular flexibility index (Phi) is 4.33. The first-order valence-corrected chi connectivity index (χ1v) is 8.50. The number of rotatable bonds is 4. The van der Waals surface area contributed by atoms with Gasteiger partial charge in [-0.2, -0.15) is 10.1 Å². The third-order valence-electron chi connectivity index (χ3n) is 4.44. The fourth-order valence-electron chi connectivity index (χ4n) is 3.23. The summed E-state index contributed by atoms with van der Waals surface area (Å²) < 4.78 is 7.06. The molecule has 2 aromatic heterocycles. The summed E-state index contributed by atoms with van der Waals surface area (Å²) in [5, 5.41) is 19.2. The summed E-state index contributed by atoms with van der Waals surface area (Å²) in [4.78, 5) is 6.56. The standard InChI is InChI=1S/C18H21N5O2/c1-13-19-17(21-25-13)12-22-8-5-9-23-15(11-22)10-16(20-23)18(24)14-6-3-2-4-7-14/h2-4,6-7,10,18,24H,5,8-9,11-12H2,1H3/t18-/m1/s1. The Morgan fingerprint density at radius 1 is 1.24 bits per heavy atom. The van der Waals surface area contributed by atoms with E-state index in [1.165, 1.54) is 0 Å². The Morgan fingerprint density at radius 3 is 2.84 bits per heavy atom. The lowest BCUT2D eigenvalue weighted by Gasteiger charge is -2.16. The minimum Gasteiger partial charge on any atom is -0.382 e. The van der Waals surface area contributed by atoms with E-state index in [1.807, 2.05) is 41.1 Å². The van der Waals surface area contributed by atoms with Crippen LogP contribution in [0.3, 0.4) is 0 Å².